The third-order valence-corrected chi connectivity index (χ3v) is 3.08. The molecule has 0 saturated carbocycles. The van der Waals surface area contributed by atoms with Gasteiger partial charge in [-0.1, -0.05) is 39.0 Å². The largest absolute Gasteiger partial charge is 0.491 e. The Kier molecular flexibility index (Phi) is 7.53. The highest BCUT2D eigenvalue weighted by atomic mass is 16.5. The minimum Gasteiger partial charge on any atom is -0.491 e. The topological polar surface area (TPSA) is 44.5 Å². The zero-order valence-corrected chi connectivity index (χ0v) is 12.4. The average Bonchev–Trinajstić information content (AvgIpc) is 2.42. The molecular formula is C16H27NO2. The molecule has 0 aliphatic heterocycles. The smallest absolute Gasteiger partial charge is 0.124 e. The van der Waals surface area contributed by atoms with E-state index in [1.807, 2.05) is 24.3 Å². The Labute approximate surface area is 117 Å². The third kappa shape index (κ3) is 6.08. The van der Waals surface area contributed by atoms with Crippen molar-refractivity contribution >= 4 is 0 Å². The van der Waals surface area contributed by atoms with Crippen LogP contribution in [0, 0.1) is 5.92 Å². The molecule has 1 unspecified atom stereocenters. The van der Waals surface area contributed by atoms with Gasteiger partial charge in [-0.05, 0) is 24.8 Å². The van der Waals surface area contributed by atoms with Gasteiger partial charge in [0.2, 0.25) is 0 Å². The van der Waals surface area contributed by atoms with Crippen LogP contribution in [-0.4, -0.2) is 19.8 Å². The molecule has 0 aliphatic rings. The first kappa shape index (κ1) is 16.0. The monoisotopic (exact) mass is 265 g/mol. The van der Waals surface area contributed by atoms with Crippen molar-refractivity contribution in [2.75, 3.05) is 19.8 Å². The zero-order valence-electron chi connectivity index (χ0n) is 12.4. The Bertz CT molecular complexity index is 352. The highest BCUT2D eigenvalue weighted by molar-refractivity contribution is 5.35. The highest BCUT2D eigenvalue weighted by Gasteiger charge is 2.09. The van der Waals surface area contributed by atoms with E-state index in [-0.39, 0.29) is 6.04 Å². The van der Waals surface area contributed by atoms with Crippen LogP contribution in [0.2, 0.25) is 0 Å². The van der Waals surface area contributed by atoms with Gasteiger partial charge in [-0.25, -0.2) is 0 Å². The summed E-state index contributed by atoms with van der Waals surface area (Å²) in [6, 6.07) is 8.01. The van der Waals surface area contributed by atoms with E-state index in [9.17, 15) is 0 Å². The predicted octanol–water partition coefficient (Wildman–Crippen LogP) is 3.54. The lowest BCUT2D eigenvalue weighted by atomic mass is 10.0. The Hall–Kier alpha value is -1.06. The van der Waals surface area contributed by atoms with Crippen molar-refractivity contribution in [3.8, 4) is 5.75 Å². The summed E-state index contributed by atoms with van der Waals surface area (Å²) in [6.45, 7) is 8.48. The first-order chi connectivity index (χ1) is 9.15. The number of rotatable bonds is 9. The molecule has 0 bridgehead atoms. The van der Waals surface area contributed by atoms with Crippen LogP contribution in [0.1, 0.15) is 45.2 Å². The number of para-hydroxylation sites is 1. The summed E-state index contributed by atoms with van der Waals surface area (Å²) in [6.07, 6.45) is 2.00. The van der Waals surface area contributed by atoms with Gasteiger partial charge in [0.25, 0.3) is 0 Å². The lowest BCUT2D eigenvalue weighted by molar-refractivity contribution is 0.0921. The molecule has 0 aromatic heterocycles. The van der Waals surface area contributed by atoms with Crippen molar-refractivity contribution in [1.29, 1.82) is 0 Å². The van der Waals surface area contributed by atoms with Crippen LogP contribution in [0.3, 0.4) is 0 Å². The van der Waals surface area contributed by atoms with Crippen molar-refractivity contribution in [3.63, 3.8) is 0 Å². The van der Waals surface area contributed by atoms with Crippen LogP contribution in [0.5, 0.6) is 5.75 Å². The van der Waals surface area contributed by atoms with Gasteiger partial charge in [0.15, 0.2) is 0 Å². The third-order valence-electron chi connectivity index (χ3n) is 3.08. The summed E-state index contributed by atoms with van der Waals surface area (Å²) in [5, 5.41) is 0. The second-order valence-corrected chi connectivity index (χ2v) is 5.20. The molecule has 3 heteroatoms. The molecule has 0 aliphatic carbocycles. The summed E-state index contributed by atoms with van der Waals surface area (Å²) in [5.41, 5.74) is 7.15. The normalized spacial score (nSPS) is 12.7. The summed E-state index contributed by atoms with van der Waals surface area (Å²) in [7, 11) is 0. The van der Waals surface area contributed by atoms with Crippen molar-refractivity contribution in [1.82, 2.24) is 0 Å². The van der Waals surface area contributed by atoms with Crippen molar-refractivity contribution in [3.05, 3.63) is 29.8 Å². The Balaban J connectivity index is 2.33. The van der Waals surface area contributed by atoms with Crippen LogP contribution in [0.25, 0.3) is 0 Å². The molecule has 0 spiro atoms. The van der Waals surface area contributed by atoms with Crippen molar-refractivity contribution in [2.24, 2.45) is 11.7 Å². The lowest BCUT2D eigenvalue weighted by Gasteiger charge is -2.15. The van der Waals surface area contributed by atoms with Gasteiger partial charge in [0, 0.05) is 18.2 Å². The molecule has 0 radical (unpaired) electrons. The average molecular weight is 265 g/mol. The number of ether oxygens (including phenoxy) is 2. The number of hydrogen-bond acceptors (Lipinski definition) is 3. The van der Waals surface area contributed by atoms with E-state index in [0.717, 1.165) is 30.8 Å². The first-order valence-corrected chi connectivity index (χ1v) is 7.20. The van der Waals surface area contributed by atoms with E-state index in [1.165, 1.54) is 0 Å². The van der Waals surface area contributed by atoms with Crippen molar-refractivity contribution in [2.45, 2.75) is 39.7 Å². The maximum Gasteiger partial charge on any atom is 0.124 e. The first-order valence-electron chi connectivity index (χ1n) is 7.20. The minimum absolute atomic E-state index is 0.0399. The van der Waals surface area contributed by atoms with Gasteiger partial charge in [-0.15, -0.1) is 0 Å². The van der Waals surface area contributed by atoms with Gasteiger partial charge >= 0.3 is 0 Å². The molecule has 1 aromatic carbocycles. The quantitative estimate of drug-likeness (QED) is 0.695. The molecule has 1 rings (SSSR count). The molecule has 108 valence electrons. The Morgan fingerprint density at radius 3 is 2.53 bits per heavy atom. The lowest BCUT2D eigenvalue weighted by Crippen LogP contribution is -2.13. The fraction of sp³-hybridized carbons (Fsp3) is 0.625. The van der Waals surface area contributed by atoms with Gasteiger partial charge < -0.3 is 15.2 Å². The fourth-order valence-electron chi connectivity index (χ4n) is 1.77. The standard InChI is InChI=1S/C16H27NO2/c1-4-15(17)14-7-5-6-8-16(14)19-12-11-18-10-9-13(2)3/h5-8,13,15H,4,9-12,17H2,1-3H3. The van der Waals surface area contributed by atoms with Crippen LogP contribution in [-0.2, 0) is 4.74 Å². The minimum atomic E-state index is 0.0399. The number of nitrogens with two attached hydrogens (primary N) is 1. The predicted molar refractivity (Wildman–Crippen MR) is 79.4 cm³/mol. The van der Waals surface area contributed by atoms with E-state index in [1.54, 1.807) is 0 Å². The molecule has 0 heterocycles. The number of hydrogen-bond donors (Lipinski definition) is 1. The molecule has 0 fully saturated rings. The summed E-state index contributed by atoms with van der Waals surface area (Å²) >= 11 is 0. The molecule has 1 atom stereocenters. The SMILES string of the molecule is CCC(N)c1ccccc1OCCOCCC(C)C. The second-order valence-electron chi connectivity index (χ2n) is 5.20. The van der Waals surface area contributed by atoms with Crippen molar-refractivity contribution < 1.29 is 9.47 Å². The molecule has 19 heavy (non-hydrogen) atoms. The molecule has 0 amide bonds. The number of benzene rings is 1. The van der Waals surface area contributed by atoms with Gasteiger partial charge in [0.05, 0.1) is 6.61 Å². The maximum atomic E-state index is 6.07. The highest BCUT2D eigenvalue weighted by Crippen LogP contribution is 2.25. The fourth-order valence-corrected chi connectivity index (χ4v) is 1.77. The second kappa shape index (κ2) is 8.94. The van der Waals surface area contributed by atoms with E-state index in [2.05, 4.69) is 20.8 Å². The summed E-state index contributed by atoms with van der Waals surface area (Å²) < 4.78 is 11.3. The summed E-state index contributed by atoms with van der Waals surface area (Å²) in [4.78, 5) is 0. The van der Waals surface area contributed by atoms with Gasteiger partial charge in [0.1, 0.15) is 12.4 Å². The molecule has 2 N–H and O–H groups in total. The van der Waals surface area contributed by atoms with Crippen LogP contribution < -0.4 is 10.5 Å². The van der Waals surface area contributed by atoms with Crippen LogP contribution in [0.4, 0.5) is 0 Å². The van der Waals surface area contributed by atoms with E-state index in [0.29, 0.717) is 19.1 Å². The van der Waals surface area contributed by atoms with Crippen LogP contribution in [0.15, 0.2) is 24.3 Å². The van der Waals surface area contributed by atoms with E-state index < -0.39 is 0 Å². The van der Waals surface area contributed by atoms with Crippen LogP contribution >= 0.6 is 0 Å². The van der Waals surface area contributed by atoms with Gasteiger partial charge in [-0.3, -0.25) is 0 Å². The maximum absolute atomic E-state index is 6.07. The molecule has 1 aromatic rings. The molecular weight excluding hydrogens is 238 g/mol. The Morgan fingerprint density at radius 1 is 1.11 bits per heavy atom. The van der Waals surface area contributed by atoms with Gasteiger partial charge in [-0.2, -0.15) is 0 Å². The zero-order chi connectivity index (χ0) is 14.1. The summed E-state index contributed by atoms with van der Waals surface area (Å²) in [5.74, 6) is 1.56. The molecule has 0 saturated heterocycles. The van der Waals surface area contributed by atoms with E-state index >= 15 is 0 Å². The molecule has 3 nitrogen and oxygen atoms in total. The van der Waals surface area contributed by atoms with E-state index in [4.69, 9.17) is 15.2 Å². The Morgan fingerprint density at radius 2 is 1.84 bits per heavy atom.